The highest BCUT2D eigenvalue weighted by Gasteiger charge is 2.33. The first kappa shape index (κ1) is 17.7. The van der Waals surface area contributed by atoms with Crippen LogP contribution in [0.4, 0.5) is 4.39 Å². The van der Waals surface area contributed by atoms with Gasteiger partial charge in [0.15, 0.2) is 0 Å². The number of unbranched alkanes of at least 4 members (excludes halogenated alkanes) is 1. The molecule has 1 aliphatic carbocycles. The van der Waals surface area contributed by atoms with E-state index in [-0.39, 0.29) is 11.8 Å². The number of carbonyl (C=O) groups excluding carboxylic acids is 1. The molecule has 4 heteroatoms. The molecule has 0 bridgehead atoms. The number of aromatic nitrogens is 1. The van der Waals surface area contributed by atoms with Crippen LogP contribution in [-0.2, 0) is 4.74 Å². The fourth-order valence-corrected chi connectivity index (χ4v) is 3.39. The Balaban J connectivity index is 1.94. The summed E-state index contributed by atoms with van der Waals surface area (Å²) in [5.74, 6) is -0.336. The zero-order valence-electron chi connectivity index (χ0n) is 15.4. The number of esters is 1. The van der Waals surface area contributed by atoms with Crippen LogP contribution in [0.25, 0.3) is 22.0 Å². The number of hydrogen-bond acceptors (Lipinski definition) is 3. The molecule has 3 aromatic rings. The molecular formula is C23H22FNO2. The predicted molar refractivity (Wildman–Crippen MR) is 104 cm³/mol. The third-order valence-electron chi connectivity index (χ3n) is 4.95. The number of benzene rings is 2. The minimum absolute atomic E-state index is 0.294. The molecule has 0 N–H and O–H groups in total. The Morgan fingerprint density at radius 3 is 2.59 bits per heavy atom. The third kappa shape index (κ3) is 3.57. The molecule has 1 saturated carbocycles. The number of rotatable bonds is 6. The van der Waals surface area contributed by atoms with E-state index in [0.717, 1.165) is 53.4 Å². The van der Waals surface area contributed by atoms with Gasteiger partial charge < -0.3 is 4.74 Å². The van der Waals surface area contributed by atoms with Crippen molar-refractivity contribution in [3.63, 3.8) is 0 Å². The highest BCUT2D eigenvalue weighted by molar-refractivity contribution is 6.08. The minimum Gasteiger partial charge on any atom is -0.462 e. The zero-order chi connectivity index (χ0) is 18.8. The average molecular weight is 363 g/mol. The van der Waals surface area contributed by atoms with Gasteiger partial charge in [-0.05, 0) is 43.0 Å². The molecule has 1 aliphatic rings. The van der Waals surface area contributed by atoms with Gasteiger partial charge in [0.1, 0.15) is 5.82 Å². The second kappa shape index (κ2) is 7.47. The summed E-state index contributed by atoms with van der Waals surface area (Å²) in [5.41, 5.74) is 3.81. The van der Waals surface area contributed by atoms with Crippen molar-refractivity contribution in [3.8, 4) is 11.1 Å². The van der Waals surface area contributed by atoms with E-state index >= 15 is 0 Å². The summed E-state index contributed by atoms with van der Waals surface area (Å²) in [6.45, 7) is 2.46. The Kier molecular flexibility index (Phi) is 4.88. The van der Waals surface area contributed by atoms with Crippen LogP contribution in [0, 0.1) is 5.82 Å². The molecule has 138 valence electrons. The first-order valence-electron chi connectivity index (χ1n) is 9.54. The molecule has 0 amide bonds. The Bertz CT molecular complexity index is 978. The van der Waals surface area contributed by atoms with Crippen molar-refractivity contribution in [3.05, 3.63) is 65.6 Å². The summed E-state index contributed by atoms with van der Waals surface area (Å²) < 4.78 is 19.1. The van der Waals surface area contributed by atoms with Crippen molar-refractivity contribution in [2.75, 3.05) is 6.61 Å². The highest BCUT2D eigenvalue weighted by atomic mass is 19.1. The molecule has 4 rings (SSSR count). The van der Waals surface area contributed by atoms with Crippen LogP contribution in [0.2, 0.25) is 0 Å². The smallest absolute Gasteiger partial charge is 0.340 e. The van der Waals surface area contributed by atoms with Crippen molar-refractivity contribution in [2.24, 2.45) is 0 Å². The monoisotopic (exact) mass is 363 g/mol. The Morgan fingerprint density at radius 2 is 1.89 bits per heavy atom. The van der Waals surface area contributed by atoms with Crippen molar-refractivity contribution >= 4 is 16.9 Å². The summed E-state index contributed by atoms with van der Waals surface area (Å²) in [4.78, 5) is 17.9. The van der Waals surface area contributed by atoms with E-state index in [0.29, 0.717) is 18.1 Å². The number of ether oxygens (including phenoxy) is 1. The fourth-order valence-electron chi connectivity index (χ4n) is 3.39. The summed E-state index contributed by atoms with van der Waals surface area (Å²) in [6.07, 6.45) is 3.85. The molecule has 0 unspecified atom stereocenters. The van der Waals surface area contributed by atoms with Crippen LogP contribution in [0.15, 0.2) is 48.5 Å². The summed E-state index contributed by atoms with van der Waals surface area (Å²) >= 11 is 0. The maximum absolute atomic E-state index is 13.5. The van der Waals surface area contributed by atoms with Crippen molar-refractivity contribution in [1.29, 1.82) is 0 Å². The number of halogens is 1. The fraction of sp³-hybridized carbons (Fsp3) is 0.304. The van der Waals surface area contributed by atoms with Gasteiger partial charge in [-0.3, -0.25) is 4.98 Å². The lowest BCUT2D eigenvalue weighted by molar-refractivity contribution is 0.0499. The van der Waals surface area contributed by atoms with Crippen LogP contribution in [-0.4, -0.2) is 17.6 Å². The molecule has 0 spiro atoms. The van der Waals surface area contributed by atoms with Gasteiger partial charge in [0.2, 0.25) is 0 Å². The molecule has 27 heavy (non-hydrogen) atoms. The van der Waals surface area contributed by atoms with Crippen LogP contribution in [0.3, 0.4) is 0 Å². The topological polar surface area (TPSA) is 39.2 Å². The van der Waals surface area contributed by atoms with Gasteiger partial charge in [0.05, 0.1) is 23.4 Å². The third-order valence-corrected chi connectivity index (χ3v) is 4.95. The molecular weight excluding hydrogens is 341 g/mol. The minimum atomic E-state index is -0.331. The van der Waals surface area contributed by atoms with Gasteiger partial charge in [0, 0.05) is 16.9 Å². The molecule has 0 saturated heterocycles. The van der Waals surface area contributed by atoms with Crippen molar-refractivity contribution < 1.29 is 13.9 Å². The quantitative estimate of drug-likeness (QED) is 0.406. The summed E-state index contributed by atoms with van der Waals surface area (Å²) in [5, 5.41) is 0.885. The van der Waals surface area contributed by atoms with Crippen molar-refractivity contribution in [2.45, 2.75) is 38.5 Å². The Morgan fingerprint density at radius 1 is 1.15 bits per heavy atom. The lowest BCUT2D eigenvalue weighted by Crippen LogP contribution is -2.13. The maximum atomic E-state index is 13.5. The van der Waals surface area contributed by atoms with E-state index in [1.165, 1.54) is 12.1 Å². The maximum Gasteiger partial charge on any atom is 0.340 e. The SMILES string of the molecule is CCCCOC(=O)c1c(C2CC2)nc2ccccc2c1-c1ccc(F)cc1. The Labute approximate surface area is 158 Å². The van der Waals surface area contributed by atoms with Gasteiger partial charge in [0.25, 0.3) is 0 Å². The number of nitrogens with zero attached hydrogens (tertiary/aromatic N) is 1. The number of pyridine rings is 1. The Hall–Kier alpha value is -2.75. The largest absolute Gasteiger partial charge is 0.462 e. The zero-order valence-corrected chi connectivity index (χ0v) is 15.4. The molecule has 0 aliphatic heterocycles. The van der Waals surface area contributed by atoms with Crippen LogP contribution in [0.5, 0.6) is 0 Å². The van der Waals surface area contributed by atoms with Gasteiger partial charge in [-0.1, -0.05) is 43.7 Å². The van der Waals surface area contributed by atoms with Gasteiger partial charge in [-0.2, -0.15) is 0 Å². The first-order chi connectivity index (χ1) is 13.2. The van der Waals surface area contributed by atoms with E-state index in [2.05, 4.69) is 6.92 Å². The van der Waals surface area contributed by atoms with Gasteiger partial charge >= 0.3 is 5.97 Å². The van der Waals surface area contributed by atoms with E-state index in [1.807, 2.05) is 24.3 Å². The van der Waals surface area contributed by atoms with Crippen LogP contribution in [0.1, 0.15) is 54.6 Å². The van der Waals surface area contributed by atoms with Gasteiger partial charge in [-0.15, -0.1) is 0 Å². The molecule has 1 fully saturated rings. The predicted octanol–water partition coefficient (Wildman–Crippen LogP) is 5.88. The molecule has 3 nitrogen and oxygen atoms in total. The van der Waals surface area contributed by atoms with E-state index < -0.39 is 0 Å². The molecule has 2 aromatic carbocycles. The van der Waals surface area contributed by atoms with E-state index in [4.69, 9.17) is 9.72 Å². The normalized spacial score (nSPS) is 13.7. The second-order valence-corrected chi connectivity index (χ2v) is 7.03. The summed E-state index contributed by atoms with van der Waals surface area (Å²) in [6, 6.07) is 14.1. The molecule has 0 atom stereocenters. The molecule has 1 aromatic heterocycles. The summed E-state index contributed by atoms with van der Waals surface area (Å²) in [7, 11) is 0. The number of fused-ring (bicyclic) bond motifs is 1. The molecule has 1 heterocycles. The first-order valence-corrected chi connectivity index (χ1v) is 9.54. The number of carbonyl (C=O) groups is 1. The van der Waals surface area contributed by atoms with Crippen LogP contribution < -0.4 is 0 Å². The van der Waals surface area contributed by atoms with Crippen LogP contribution >= 0.6 is 0 Å². The standard InChI is InChI=1S/C23H22FNO2/c1-2-3-14-27-23(26)21-20(15-10-12-17(24)13-11-15)18-6-4-5-7-19(18)25-22(21)16-8-9-16/h4-7,10-13,16H,2-3,8-9,14H2,1H3. The van der Waals surface area contributed by atoms with Crippen molar-refractivity contribution in [1.82, 2.24) is 4.98 Å². The lowest BCUT2D eigenvalue weighted by Gasteiger charge is -2.17. The highest BCUT2D eigenvalue weighted by Crippen LogP contribution is 2.45. The van der Waals surface area contributed by atoms with E-state index in [1.54, 1.807) is 12.1 Å². The average Bonchev–Trinajstić information content (AvgIpc) is 3.52. The number of para-hydroxylation sites is 1. The number of hydrogen-bond donors (Lipinski definition) is 0. The molecule has 0 radical (unpaired) electrons. The lowest BCUT2D eigenvalue weighted by atomic mass is 9.93. The van der Waals surface area contributed by atoms with E-state index in [9.17, 15) is 9.18 Å². The van der Waals surface area contributed by atoms with Gasteiger partial charge in [-0.25, -0.2) is 9.18 Å². The second-order valence-electron chi connectivity index (χ2n) is 7.03.